The van der Waals surface area contributed by atoms with Crippen molar-refractivity contribution in [1.29, 1.82) is 0 Å². The van der Waals surface area contributed by atoms with E-state index in [4.69, 9.17) is 16.1 Å². The van der Waals surface area contributed by atoms with Crippen molar-refractivity contribution in [2.45, 2.75) is 32.2 Å². The number of hydrogen-bond donors (Lipinski definition) is 1. The number of carbonyl (C=O) groups is 1. The highest BCUT2D eigenvalue weighted by Crippen LogP contribution is 2.23. The molecule has 0 bridgehead atoms. The zero-order valence-electron chi connectivity index (χ0n) is 15.0. The van der Waals surface area contributed by atoms with Gasteiger partial charge in [0.15, 0.2) is 11.5 Å². The fourth-order valence-electron chi connectivity index (χ4n) is 3.08. The van der Waals surface area contributed by atoms with Crippen molar-refractivity contribution >= 4 is 27.5 Å². The largest absolute Gasteiger partial charge is 0.355 e. The van der Waals surface area contributed by atoms with Gasteiger partial charge in [-0.3, -0.25) is 4.79 Å². The lowest BCUT2D eigenvalue weighted by Gasteiger charge is -2.31. The van der Waals surface area contributed by atoms with Crippen LogP contribution in [-0.2, 0) is 10.0 Å². The van der Waals surface area contributed by atoms with Crippen LogP contribution in [0.1, 0.15) is 36.7 Å². The Hall–Kier alpha value is -1.90. The quantitative estimate of drug-likeness (QED) is 0.788. The van der Waals surface area contributed by atoms with Crippen molar-refractivity contribution in [3.8, 4) is 11.3 Å². The summed E-state index contributed by atoms with van der Waals surface area (Å²) in [6, 6.07) is 8.58. The topological polar surface area (TPSA) is 92.5 Å². The molecule has 27 heavy (non-hydrogen) atoms. The molecule has 1 aromatic heterocycles. The fraction of sp³-hybridized carbons (Fsp3) is 0.444. The third-order valence-electron chi connectivity index (χ3n) is 4.50. The molecule has 0 aliphatic carbocycles. The molecule has 7 nitrogen and oxygen atoms in total. The number of nitrogens with one attached hydrogen (secondary N) is 1. The number of piperidine rings is 1. The minimum absolute atomic E-state index is 0.0862. The van der Waals surface area contributed by atoms with Crippen LogP contribution in [0.15, 0.2) is 34.9 Å². The van der Waals surface area contributed by atoms with Crippen molar-refractivity contribution in [3.63, 3.8) is 0 Å². The maximum atomic E-state index is 12.4. The molecule has 9 heteroatoms. The first-order valence-electron chi connectivity index (χ1n) is 8.90. The number of hydrogen-bond acceptors (Lipinski definition) is 5. The van der Waals surface area contributed by atoms with Crippen LogP contribution in [0.3, 0.4) is 0 Å². The SMILES string of the molecule is CCCS(=O)(=O)N1CCC(NC(=O)c2cc(-c3cccc(Cl)c3)on2)CC1. The monoisotopic (exact) mass is 411 g/mol. The van der Waals surface area contributed by atoms with E-state index in [1.165, 1.54) is 4.31 Å². The smallest absolute Gasteiger partial charge is 0.273 e. The summed E-state index contributed by atoms with van der Waals surface area (Å²) in [5.41, 5.74) is 0.925. The number of halogens is 1. The van der Waals surface area contributed by atoms with Crippen molar-refractivity contribution in [1.82, 2.24) is 14.8 Å². The zero-order chi connectivity index (χ0) is 19.4. The Bertz CT molecular complexity index is 905. The summed E-state index contributed by atoms with van der Waals surface area (Å²) in [4.78, 5) is 12.4. The molecule has 0 radical (unpaired) electrons. The molecule has 2 heterocycles. The minimum Gasteiger partial charge on any atom is -0.355 e. The molecular weight excluding hydrogens is 390 g/mol. The predicted molar refractivity (Wildman–Crippen MR) is 103 cm³/mol. The highest BCUT2D eigenvalue weighted by atomic mass is 35.5. The molecule has 146 valence electrons. The van der Waals surface area contributed by atoms with Crippen LogP contribution in [0.2, 0.25) is 5.02 Å². The van der Waals surface area contributed by atoms with E-state index in [9.17, 15) is 13.2 Å². The first-order valence-corrected chi connectivity index (χ1v) is 10.9. The summed E-state index contributed by atoms with van der Waals surface area (Å²) in [6.07, 6.45) is 1.75. The Morgan fingerprint density at radius 2 is 2.07 bits per heavy atom. The standard InChI is InChI=1S/C18H22ClN3O4S/c1-2-10-27(24,25)22-8-6-15(7-9-22)20-18(23)16-12-17(26-21-16)13-4-3-5-14(19)11-13/h3-5,11-12,15H,2,6-10H2,1H3,(H,20,23). The summed E-state index contributed by atoms with van der Waals surface area (Å²) >= 11 is 5.97. The highest BCUT2D eigenvalue weighted by molar-refractivity contribution is 7.89. The molecule has 0 unspecified atom stereocenters. The number of carbonyl (C=O) groups excluding carboxylic acids is 1. The van der Waals surface area contributed by atoms with E-state index in [1.807, 2.05) is 13.0 Å². The minimum atomic E-state index is -3.19. The third-order valence-corrected chi connectivity index (χ3v) is 6.81. The lowest BCUT2D eigenvalue weighted by atomic mass is 10.1. The molecule has 0 atom stereocenters. The zero-order valence-corrected chi connectivity index (χ0v) is 16.6. The van der Waals surface area contributed by atoms with E-state index in [0.29, 0.717) is 43.1 Å². The van der Waals surface area contributed by atoms with Crippen molar-refractivity contribution in [3.05, 3.63) is 41.0 Å². The summed E-state index contributed by atoms with van der Waals surface area (Å²) in [7, 11) is -3.19. The molecule has 1 aliphatic heterocycles. The van der Waals surface area contributed by atoms with Crippen molar-refractivity contribution < 1.29 is 17.7 Å². The molecule has 1 aromatic carbocycles. The first-order chi connectivity index (χ1) is 12.9. The van der Waals surface area contributed by atoms with Crippen LogP contribution in [-0.4, -0.2) is 48.7 Å². The second kappa shape index (κ2) is 8.41. The number of aromatic nitrogens is 1. The molecule has 1 fully saturated rings. The average Bonchev–Trinajstić information content (AvgIpc) is 3.12. The summed E-state index contributed by atoms with van der Waals surface area (Å²) in [5.74, 6) is 0.292. The van der Waals surface area contributed by atoms with Gasteiger partial charge in [0, 0.05) is 35.8 Å². The summed E-state index contributed by atoms with van der Waals surface area (Å²) in [5, 5.41) is 7.31. The number of amides is 1. The van der Waals surface area contributed by atoms with Gasteiger partial charge in [0.25, 0.3) is 5.91 Å². The first kappa shape index (κ1) is 19.9. The van der Waals surface area contributed by atoms with E-state index in [-0.39, 0.29) is 23.4 Å². The van der Waals surface area contributed by atoms with Gasteiger partial charge in [-0.1, -0.05) is 35.8 Å². The van der Waals surface area contributed by atoms with E-state index in [0.717, 1.165) is 5.56 Å². The molecular formula is C18H22ClN3O4S. The number of rotatable bonds is 6. The van der Waals surface area contributed by atoms with E-state index in [1.54, 1.807) is 24.3 Å². The molecule has 0 saturated carbocycles. The van der Waals surface area contributed by atoms with Crippen LogP contribution < -0.4 is 5.32 Å². The Kier molecular flexibility index (Phi) is 6.18. The lowest BCUT2D eigenvalue weighted by molar-refractivity contribution is 0.0914. The highest BCUT2D eigenvalue weighted by Gasteiger charge is 2.28. The van der Waals surface area contributed by atoms with E-state index < -0.39 is 10.0 Å². The molecule has 1 aliphatic rings. The molecule has 2 aromatic rings. The van der Waals surface area contributed by atoms with Crippen LogP contribution in [0.25, 0.3) is 11.3 Å². The third kappa shape index (κ3) is 4.88. The number of benzene rings is 1. The Morgan fingerprint density at radius 3 is 2.74 bits per heavy atom. The molecule has 3 rings (SSSR count). The van der Waals surface area contributed by atoms with Crippen LogP contribution >= 0.6 is 11.6 Å². The second-order valence-corrected chi connectivity index (χ2v) is 9.07. The van der Waals surface area contributed by atoms with E-state index in [2.05, 4.69) is 10.5 Å². The summed E-state index contributed by atoms with van der Waals surface area (Å²) < 4.78 is 31.0. The fourth-order valence-corrected chi connectivity index (χ4v) is 4.82. The summed E-state index contributed by atoms with van der Waals surface area (Å²) in [6.45, 7) is 2.68. The van der Waals surface area contributed by atoms with Gasteiger partial charge in [0.1, 0.15) is 0 Å². The molecule has 1 amide bonds. The van der Waals surface area contributed by atoms with E-state index >= 15 is 0 Å². The normalized spacial score (nSPS) is 16.4. The second-order valence-electron chi connectivity index (χ2n) is 6.55. The number of nitrogens with zero attached hydrogens (tertiary/aromatic N) is 2. The van der Waals surface area contributed by atoms with Crippen LogP contribution in [0.4, 0.5) is 0 Å². The average molecular weight is 412 g/mol. The van der Waals surface area contributed by atoms with Gasteiger partial charge < -0.3 is 9.84 Å². The van der Waals surface area contributed by atoms with Gasteiger partial charge in [-0.2, -0.15) is 0 Å². The Morgan fingerprint density at radius 1 is 1.33 bits per heavy atom. The molecule has 0 spiro atoms. The maximum absolute atomic E-state index is 12.4. The van der Waals surface area contributed by atoms with Gasteiger partial charge in [-0.25, -0.2) is 12.7 Å². The van der Waals surface area contributed by atoms with Gasteiger partial charge >= 0.3 is 0 Å². The van der Waals surface area contributed by atoms with Gasteiger partial charge in [0.05, 0.1) is 5.75 Å². The Labute approximate surface area is 163 Å². The Balaban J connectivity index is 1.58. The van der Waals surface area contributed by atoms with Crippen LogP contribution in [0.5, 0.6) is 0 Å². The van der Waals surface area contributed by atoms with Gasteiger partial charge in [-0.15, -0.1) is 0 Å². The molecule has 1 N–H and O–H groups in total. The lowest BCUT2D eigenvalue weighted by Crippen LogP contribution is -2.47. The van der Waals surface area contributed by atoms with Gasteiger partial charge in [0.2, 0.25) is 10.0 Å². The number of sulfonamides is 1. The van der Waals surface area contributed by atoms with Crippen LogP contribution in [0, 0.1) is 0 Å². The van der Waals surface area contributed by atoms with Gasteiger partial charge in [-0.05, 0) is 31.4 Å². The maximum Gasteiger partial charge on any atom is 0.273 e. The predicted octanol–water partition coefficient (Wildman–Crippen LogP) is 2.93. The van der Waals surface area contributed by atoms with Crippen molar-refractivity contribution in [2.75, 3.05) is 18.8 Å². The van der Waals surface area contributed by atoms with Crippen molar-refractivity contribution in [2.24, 2.45) is 0 Å². The molecule has 1 saturated heterocycles.